The molecule has 2 heterocycles. The Hall–Kier alpha value is -0.190. The molecule has 0 spiro atoms. The normalized spacial score (nSPS) is 18.9. The topological polar surface area (TPSA) is 22.1 Å². The first-order chi connectivity index (χ1) is 7.45. The van der Waals surface area contributed by atoms with Gasteiger partial charge >= 0.3 is 0 Å². The molecule has 0 aliphatic carbocycles. The Balaban J connectivity index is 2.00. The Morgan fingerprint density at radius 2 is 1.60 bits per heavy atom. The summed E-state index contributed by atoms with van der Waals surface area (Å²) < 4.78 is 5.51. The van der Waals surface area contributed by atoms with Crippen molar-refractivity contribution in [3.8, 4) is 0 Å². The molecule has 1 aliphatic heterocycles. The van der Waals surface area contributed by atoms with Crippen molar-refractivity contribution in [2.45, 2.75) is 11.5 Å². The molecule has 0 amide bonds. The first-order valence-electron chi connectivity index (χ1n) is 5.13. The first-order valence-corrected chi connectivity index (χ1v) is 7.44. The fourth-order valence-corrected chi connectivity index (χ4v) is 2.88. The van der Waals surface area contributed by atoms with E-state index in [1.165, 1.54) is 11.4 Å². The zero-order valence-electron chi connectivity index (χ0n) is 8.65. The van der Waals surface area contributed by atoms with Gasteiger partial charge in [0.05, 0.1) is 24.6 Å². The number of nitrogens with zero attached hydrogens (tertiary/aromatic N) is 1. The van der Waals surface area contributed by atoms with E-state index in [4.69, 9.17) is 4.74 Å². The minimum atomic E-state index is 0.866. The Morgan fingerprint density at radius 1 is 1.00 bits per heavy atom. The average Bonchev–Trinajstić information content (AvgIpc) is 2.26. The SMILES string of the molecule is c1cc2nc(c1)CSCCOCCSC2. The van der Waals surface area contributed by atoms with Crippen LogP contribution >= 0.6 is 23.5 Å². The highest BCUT2D eigenvalue weighted by Gasteiger charge is 2.01. The highest BCUT2D eigenvalue weighted by molar-refractivity contribution is 7.98. The lowest BCUT2D eigenvalue weighted by atomic mass is 10.3. The van der Waals surface area contributed by atoms with Gasteiger partial charge in [-0.1, -0.05) is 6.07 Å². The molecule has 82 valence electrons. The second-order valence-corrected chi connectivity index (χ2v) is 5.55. The summed E-state index contributed by atoms with van der Waals surface area (Å²) in [5, 5.41) is 0. The van der Waals surface area contributed by atoms with Crippen molar-refractivity contribution in [2.24, 2.45) is 0 Å². The molecule has 2 bridgehead atoms. The molecule has 0 fully saturated rings. The predicted molar refractivity (Wildman–Crippen MR) is 67.4 cm³/mol. The van der Waals surface area contributed by atoms with Gasteiger partial charge in [0, 0.05) is 23.0 Å². The van der Waals surface area contributed by atoms with Crippen LogP contribution in [-0.2, 0) is 16.2 Å². The van der Waals surface area contributed by atoms with Crippen LogP contribution in [0.5, 0.6) is 0 Å². The van der Waals surface area contributed by atoms with Gasteiger partial charge < -0.3 is 4.74 Å². The summed E-state index contributed by atoms with van der Waals surface area (Å²) >= 11 is 3.79. The van der Waals surface area contributed by atoms with Crippen molar-refractivity contribution in [2.75, 3.05) is 24.7 Å². The number of pyridine rings is 1. The molecule has 0 saturated carbocycles. The second-order valence-electron chi connectivity index (χ2n) is 3.34. The van der Waals surface area contributed by atoms with E-state index in [-0.39, 0.29) is 0 Å². The van der Waals surface area contributed by atoms with Gasteiger partial charge in [-0.15, -0.1) is 0 Å². The Bertz CT molecular complexity index is 281. The molecule has 0 radical (unpaired) electrons. The Morgan fingerprint density at radius 3 is 2.20 bits per heavy atom. The molecule has 0 N–H and O–H groups in total. The van der Waals surface area contributed by atoms with E-state index in [1.54, 1.807) is 0 Å². The number of aromatic nitrogens is 1. The van der Waals surface area contributed by atoms with Crippen LogP contribution in [-0.4, -0.2) is 29.7 Å². The van der Waals surface area contributed by atoms with E-state index in [0.717, 1.165) is 36.2 Å². The van der Waals surface area contributed by atoms with Crippen LogP contribution in [0.4, 0.5) is 0 Å². The largest absolute Gasteiger partial charge is 0.380 e. The first kappa shape index (κ1) is 11.3. The third kappa shape index (κ3) is 4.05. The molecule has 2 rings (SSSR count). The highest BCUT2D eigenvalue weighted by atomic mass is 32.2. The van der Waals surface area contributed by atoms with E-state index in [0.29, 0.717) is 0 Å². The standard InChI is InChI=1S/C11H15NOS2/c1-2-10-8-14-6-4-13-5-7-15-9-11(3-1)12-10/h1-3H,4-9H2. The van der Waals surface area contributed by atoms with E-state index < -0.39 is 0 Å². The third-order valence-corrected chi connectivity index (χ3v) is 4.02. The summed E-state index contributed by atoms with van der Waals surface area (Å²) in [7, 11) is 0. The van der Waals surface area contributed by atoms with Crippen LogP contribution in [0.25, 0.3) is 0 Å². The summed E-state index contributed by atoms with van der Waals surface area (Å²) in [4.78, 5) is 4.62. The fourth-order valence-electron chi connectivity index (χ4n) is 1.38. The monoisotopic (exact) mass is 241 g/mol. The molecule has 15 heavy (non-hydrogen) atoms. The van der Waals surface area contributed by atoms with E-state index in [2.05, 4.69) is 23.2 Å². The zero-order chi connectivity index (χ0) is 10.3. The Labute approximate surface area is 99.2 Å². The smallest absolute Gasteiger partial charge is 0.0557 e. The highest BCUT2D eigenvalue weighted by Crippen LogP contribution is 2.15. The van der Waals surface area contributed by atoms with E-state index in [9.17, 15) is 0 Å². The maximum absolute atomic E-state index is 5.51. The molecular formula is C11H15NOS2. The molecule has 0 unspecified atom stereocenters. The summed E-state index contributed by atoms with van der Waals surface area (Å²) in [5.41, 5.74) is 2.39. The van der Waals surface area contributed by atoms with E-state index in [1.807, 2.05) is 23.5 Å². The predicted octanol–water partition coefficient (Wildman–Crippen LogP) is 2.58. The number of fused-ring (bicyclic) bond motifs is 2. The van der Waals surface area contributed by atoms with Crippen LogP contribution in [0.15, 0.2) is 18.2 Å². The summed E-state index contributed by atoms with van der Waals surface area (Å²) in [6.45, 7) is 1.73. The van der Waals surface area contributed by atoms with Crippen LogP contribution < -0.4 is 0 Å². The minimum absolute atomic E-state index is 0.866. The quantitative estimate of drug-likeness (QED) is 0.696. The summed E-state index contributed by atoms with van der Waals surface area (Å²) in [5.74, 6) is 4.14. The maximum Gasteiger partial charge on any atom is 0.0557 e. The number of ether oxygens (including phenoxy) is 1. The lowest BCUT2D eigenvalue weighted by Gasteiger charge is -2.08. The van der Waals surface area contributed by atoms with E-state index >= 15 is 0 Å². The van der Waals surface area contributed by atoms with Crippen molar-refractivity contribution in [1.82, 2.24) is 4.98 Å². The fraction of sp³-hybridized carbons (Fsp3) is 0.545. The van der Waals surface area contributed by atoms with Crippen LogP contribution in [0.1, 0.15) is 11.4 Å². The molecule has 0 atom stereocenters. The van der Waals surface area contributed by atoms with Crippen LogP contribution in [0.3, 0.4) is 0 Å². The van der Waals surface area contributed by atoms with Gasteiger partial charge in [-0.05, 0) is 12.1 Å². The molecule has 1 aromatic heterocycles. The average molecular weight is 241 g/mol. The van der Waals surface area contributed by atoms with Gasteiger partial charge in [-0.2, -0.15) is 23.5 Å². The van der Waals surface area contributed by atoms with Crippen LogP contribution in [0, 0.1) is 0 Å². The van der Waals surface area contributed by atoms with Gasteiger partial charge in [0.1, 0.15) is 0 Å². The van der Waals surface area contributed by atoms with Gasteiger partial charge in [0.2, 0.25) is 0 Å². The second kappa shape index (κ2) is 6.40. The summed E-state index contributed by atoms with van der Waals surface area (Å²) in [6, 6.07) is 6.32. The number of hydrogen-bond donors (Lipinski definition) is 0. The van der Waals surface area contributed by atoms with Crippen molar-refractivity contribution in [3.63, 3.8) is 0 Å². The van der Waals surface area contributed by atoms with Crippen molar-refractivity contribution in [3.05, 3.63) is 29.6 Å². The van der Waals surface area contributed by atoms with Crippen molar-refractivity contribution < 1.29 is 4.74 Å². The minimum Gasteiger partial charge on any atom is -0.380 e. The van der Waals surface area contributed by atoms with Gasteiger partial charge in [0.15, 0.2) is 0 Å². The molecule has 4 heteroatoms. The maximum atomic E-state index is 5.51. The van der Waals surface area contributed by atoms with Crippen LogP contribution in [0.2, 0.25) is 0 Å². The van der Waals surface area contributed by atoms with Gasteiger partial charge in [-0.3, -0.25) is 4.98 Å². The van der Waals surface area contributed by atoms with Gasteiger partial charge in [0.25, 0.3) is 0 Å². The summed E-state index contributed by atoms with van der Waals surface area (Å²) in [6.07, 6.45) is 0. The molecule has 1 aromatic rings. The zero-order valence-corrected chi connectivity index (χ0v) is 10.3. The number of thioether (sulfide) groups is 2. The lowest BCUT2D eigenvalue weighted by molar-refractivity contribution is 0.167. The number of rotatable bonds is 0. The third-order valence-electron chi connectivity index (χ3n) is 2.11. The van der Waals surface area contributed by atoms with Crippen molar-refractivity contribution in [1.29, 1.82) is 0 Å². The molecule has 2 nitrogen and oxygen atoms in total. The molecule has 0 saturated heterocycles. The van der Waals surface area contributed by atoms with Gasteiger partial charge in [-0.25, -0.2) is 0 Å². The molecule has 1 aliphatic rings. The lowest BCUT2D eigenvalue weighted by Crippen LogP contribution is -2.04. The Kier molecular flexibility index (Phi) is 4.83. The molecule has 0 aromatic carbocycles. The van der Waals surface area contributed by atoms with Crippen molar-refractivity contribution >= 4 is 23.5 Å². The molecular weight excluding hydrogens is 226 g/mol. The number of hydrogen-bond acceptors (Lipinski definition) is 4.